The van der Waals surface area contributed by atoms with Gasteiger partial charge in [-0.1, -0.05) is 37.3 Å². The lowest BCUT2D eigenvalue weighted by Crippen LogP contribution is -2.50. The molecule has 0 radical (unpaired) electrons. The number of amides is 1. The van der Waals surface area contributed by atoms with Crippen molar-refractivity contribution in [3.8, 4) is 5.75 Å². The van der Waals surface area contributed by atoms with E-state index < -0.39 is 6.10 Å². The summed E-state index contributed by atoms with van der Waals surface area (Å²) < 4.78 is 5.73. The highest BCUT2D eigenvalue weighted by Gasteiger charge is 2.23. The lowest BCUT2D eigenvalue weighted by molar-refractivity contribution is 0.0403. The minimum absolute atomic E-state index is 0.0786. The third-order valence-electron chi connectivity index (χ3n) is 4.90. The molecule has 1 unspecified atom stereocenters. The average molecular weight is 368 g/mol. The number of aliphatic hydroxyl groups is 1. The van der Waals surface area contributed by atoms with Gasteiger partial charge in [-0.25, -0.2) is 0 Å². The number of benzene rings is 2. The molecule has 144 valence electrons. The molecule has 2 aromatic carbocycles. The molecule has 0 saturated carbocycles. The van der Waals surface area contributed by atoms with Crippen LogP contribution < -0.4 is 4.74 Å². The number of rotatable bonds is 7. The third kappa shape index (κ3) is 5.55. The molecule has 1 heterocycles. The van der Waals surface area contributed by atoms with Crippen molar-refractivity contribution in [2.24, 2.45) is 0 Å². The van der Waals surface area contributed by atoms with E-state index in [2.05, 4.69) is 17.9 Å². The first-order valence-electron chi connectivity index (χ1n) is 9.62. The second kappa shape index (κ2) is 9.53. The number of carbonyl (C=O) groups excluding carboxylic acids is 1. The summed E-state index contributed by atoms with van der Waals surface area (Å²) in [5, 5.41) is 10.3. The van der Waals surface area contributed by atoms with Gasteiger partial charge in [0, 0.05) is 38.3 Å². The second-order valence-corrected chi connectivity index (χ2v) is 6.92. The Morgan fingerprint density at radius 1 is 1.07 bits per heavy atom. The zero-order valence-corrected chi connectivity index (χ0v) is 15.9. The summed E-state index contributed by atoms with van der Waals surface area (Å²) in [4.78, 5) is 16.5. The monoisotopic (exact) mass is 368 g/mol. The molecule has 1 atom stereocenters. The van der Waals surface area contributed by atoms with Crippen LogP contribution in [-0.2, 0) is 6.42 Å². The molecule has 1 aliphatic heterocycles. The van der Waals surface area contributed by atoms with Crippen LogP contribution in [0.25, 0.3) is 0 Å². The van der Waals surface area contributed by atoms with Gasteiger partial charge in [0.25, 0.3) is 5.91 Å². The molecule has 0 aliphatic carbocycles. The van der Waals surface area contributed by atoms with E-state index in [0.717, 1.165) is 30.8 Å². The Balaban J connectivity index is 1.41. The lowest BCUT2D eigenvalue weighted by Gasteiger charge is -2.35. The van der Waals surface area contributed by atoms with Gasteiger partial charge in [-0.3, -0.25) is 9.69 Å². The van der Waals surface area contributed by atoms with E-state index >= 15 is 0 Å². The smallest absolute Gasteiger partial charge is 0.253 e. The van der Waals surface area contributed by atoms with Gasteiger partial charge in [-0.05, 0) is 36.2 Å². The normalized spacial score (nSPS) is 16.1. The van der Waals surface area contributed by atoms with Gasteiger partial charge in [-0.15, -0.1) is 0 Å². The zero-order valence-electron chi connectivity index (χ0n) is 15.9. The van der Waals surface area contributed by atoms with E-state index in [1.807, 2.05) is 53.4 Å². The largest absolute Gasteiger partial charge is 0.491 e. The Kier molecular flexibility index (Phi) is 6.85. The van der Waals surface area contributed by atoms with E-state index in [1.165, 1.54) is 5.56 Å². The van der Waals surface area contributed by atoms with Gasteiger partial charge in [0.05, 0.1) is 0 Å². The SMILES string of the molecule is CCc1cccc(OCC(O)CN2CCN(C(=O)c3ccccc3)CC2)c1. The molecule has 1 aliphatic rings. The topological polar surface area (TPSA) is 53.0 Å². The highest BCUT2D eigenvalue weighted by Crippen LogP contribution is 2.14. The first-order valence-corrected chi connectivity index (χ1v) is 9.62. The molecule has 1 N–H and O–H groups in total. The minimum Gasteiger partial charge on any atom is -0.491 e. The van der Waals surface area contributed by atoms with E-state index in [4.69, 9.17) is 4.74 Å². The highest BCUT2D eigenvalue weighted by molar-refractivity contribution is 5.94. The highest BCUT2D eigenvalue weighted by atomic mass is 16.5. The van der Waals surface area contributed by atoms with E-state index in [0.29, 0.717) is 19.6 Å². The summed E-state index contributed by atoms with van der Waals surface area (Å²) in [7, 11) is 0. The summed E-state index contributed by atoms with van der Waals surface area (Å²) in [6, 6.07) is 17.4. The average Bonchev–Trinajstić information content (AvgIpc) is 2.73. The Bertz CT molecular complexity index is 727. The molecule has 0 aromatic heterocycles. The van der Waals surface area contributed by atoms with Crippen LogP contribution in [-0.4, -0.2) is 66.2 Å². The maximum atomic E-state index is 12.5. The van der Waals surface area contributed by atoms with Gasteiger partial charge < -0.3 is 14.7 Å². The number of hydrogen-bond donors (Lipinski definition) is 1. The van der Waals surface area contributed by atoms with Crippen LogP contribution in [0, 0.1) is 0 Å². The maximum absolute atomic E-state index is 12.5. The molecule has 5 heteroatoms. The molecule has 3 rings (SSSR count). The summed E-state index contributed by atoms with van der Waals surface area (Å²) in [6.45, 7) is 5.83. The molecule has 1 fully saturated rings. The van der Waals surface area contributed by atoms with Crippen molar-refractivity contribution < 1.29 is 14.6 Å². The minimum atomic E-state index is -0.549. The van der Waals surface area contributed by atoms with Crippen molar-refractivity contribution in [1.82, 2.24) is 9.80 Å². The molecule has 27 heavy (non-hydrogen) atoms. The Hall–Kier alpha value is -2.37. The first-order chi connectivity index (χ1) is 13.2. The predicted octanol–water partition coefficient (Wildman–Crippen LogP) is 2.45. The Morgan fingerprint density at radius 2 is 1.81 bits per heavy atom. The maximum Gasteiger partial charge on any atom is 0.253 e. The van der Waals surface area contributed by atoms with Gasteiger partial charge in [0.15, 0.2) is 0 Å². The Labute approximate surface area is 161 Å². The van der Waals surface area contributed by atoms with Crippen LogP contribution in [0.2, 0.25) is 0 Å². The molecule has 1 amide bonds. The zero-order chi connectivity index (χ0) is 19.1. The standard InChI is InChI=1S/C22H28N2O3/c1-2-18-7-6-10-21(15-18)27-17-20(25)16-23-11-13-24(14-12-23)22(26)19-8-4-3-5-9-19/h3-10,15,20,25H,2,11-14,16-17H2,1H3. The quantitative estimate of drug-likeness (QED) is 0.816. The molecule has 1 saturated heterocycles. The van der Waals surface area contributed by atoms with Crippen molar-refractivity contribution in [2.75, 3.05) is 39.3 Å². The number of piperazine rings is 1. The summed E-state index contributed by atoms with van der Waals surface area (Å²) in [5.41, 5.74) is 1.95. The third-order valence-corrected chi connectivity index (χ3v) is 4.90. The van der Waals surface area contributed by atoms with Crippen molar-refractivity contribution in [2.45, 2.75) is 19.4 Å². The van der Waals surface area contributed by atoms with Crippen LogP contribution in [0.5, 0.6) is 5.75 Å². The second-order valence-electron chi connectivity index (χ2n) is 6.92. The molecule has 0 spiro atoms. The lowest BCUT2D eigenvalue weighted by atomic mass is 10.1. The number of aliphatic hydroxyl groups excluding tert-OH is 1. The Morgan fingerprint density at radius 3 is 2.52 bits per heavy atom. The summed E-state index contributed by atoms with van der Waals surface area (Å²) in [6.07, 6.45) is 0.415. The van der Waals surface area contributed by atoms with Gasteiger partial charge in [-0.2, -0.15) is 0 Å². The van der Waals surface area contributed by atoms with Crippen molar-refractivity contribution in [3.63, 3.8) is 0 Å². The van der Waals surface area contributed by atoms with Crippen LogP contribution in [0.3, 0.4) is 0 Å². The van der Waals surface area contributed by atoms with Crippen LogP contribution in [0.15, 0.2) is 54.6 Å². The van der Waals surface area contributed by atoms with Crippen molar-refractivity contribution in [3.05, 3.63) is 65.7 Å². The molecule has 0 bridgehead atoms. The van der Waals surface area contributed by atoms with Crippen LogP contribution in [0.1, 0.15) is 22.8 Å². The number of nitrogens with zero attached hydrogens (tertiary/aromatic N) is 2. The number of hydrogen-bond acceptors (Lipinski definition) is 4. The van der Waals surface area contributed by atoms with Crippen LogP contribution >= 0.6 is 0 Å². The number of carbonyl (C=O) groups is 1. The summed E-state index contributed by atoms with van der Waals surface area (Å²) >= 11 is 0. The van der Waals surface area contributed by atoms with Gasteiger partial charge in [0.1, 0.15) is 18.5 Å². The van der Waals surface area contributed by atoms with Crippen LogP contribution in [0.4, 0.5) is 0 Å². The van der Waals surface area contributed by atoms with E-state index in [1.54, 1.807) is 0 Å². The molecule has 2 aromatic rings. The van der Waals surface area contributed by atoms with Gasteiger partial charge >= 0.3 is 0 Å². The van der Waals surface area contributed by atoms with E-state index in [-0.39, 0.29) is 12.5 Å². The van der Waals surface area contributed by atoms with Gasteiger partial charge in [0.2, 0.25) is 0 Å². The number of β-amino-alcohol motifs (C(OH)–C–C–N with tert-alkyl or cyclic N) is 1. The molecular weight excluding hydrogens is 340 g/mol. The fourth-order valence-electron chi connectivity index (χ4n) is 3.30. The number of ether oxygens (including phenoxy) is 1. The molecule has 5 nitrogen and oxygen atoms in total. The fourth-order valence-corrected chi connectivity index (χ4v) is 3.30. The first kappa shape index (κ1) is 19.4. The summed E-state index contributed by atoms with van der Waals surface area (Å²) in [5.74, 6) is 0.876. The van der Waals surface area contributed by atoms with Crippen molar-refractivity contribution in [1.29, 1.82) is 0 Å². The van der Waals surface area contributed by atoms with E-state index in [9.17, 15) is 9.90 Å². The predicted molar refractivity (Wildman–Crippen MR) is 106 cm³/mol. The molecular formula is C22H28N2O3. The van der Waals surface area contributed by atoms with Crippen molar-refractivity contribution >= 4 is 5.91 Å². The number of aryl methyl sites for hydroxylation is 1. The fraction of sp³-hybridized carbons (Fsp3) is 0.409.